The quantitative estimate of drug-likeness (QED) is 0.256. The van der Waals surface area contributed by atoms with Gasteiger partial charge in [-0.05, 0) is 6.92 Å². The van der Waals surface area contributed by atoms with Crippen molar-refractivity contribution >= 4 is 58.6 Å². The summed E-state index contributed by atoms with van der Waals surface area (Å²) >= 11 is 11.8. The molecule has 1 heterocycles. The van der Waals surface area contributed by atoms with E-state index >= 15 is 0 Å². The summed E-state index contributed by atoms with van der Waals surface area (Å²) in [5.74, 6) is -8.08. The van der Waals surface area contributed by atoms with Crippen LogP contribution in [0.3, 0.4) is 0 Å². The second-order valence-corrected chi connectivity index (χ2v) is 9.63. The molecule has 1 aromatic rings. The van der Waals surface area contributed by atoms with Gasteiger partial charge in [-0.15, -0.1) is 0 Å². The van der Waals surface area contributed by atoms with Crippen LogP contribution in [0.1, 0.15) is 55.3 Å². The minimum atomic E-state index is -1.85. The maximum Gasteiger partial charge on any atom is 0.303 e. The molecule has 5 atom stereocenters. The number of halogens is 2. The Balaban J connectivity index is 2.14. The van der Waals surface area contributed by atoms with Crippen molar-refractivity contribution in [1.82, 2.24) is 0 Å². The Morgan fingerprint density at radius 1 is 0.756 bits per heavy atom. The third-order valence-electron chi connectivity index (χ3n) is 5.86. The lowest BCUT2D eigenvalue weighted by molar-refractivity contribution is -0.299. The third kappa shape index (κ3) is 6.39. The smallest absolute Gasteiger partial charge is 0.303 e. The Morgan fingerprint density at radius 2 is 1.22 bits per heavy atom. The van der Waals surface area contributed by atoms with Crippen LogP contribution in [0.4, 0.5) is 0 Å². The largest absolute Gasteiger partial charge is 0.506 e. The molecular weight excluding hydrogens is 595 g/mol. The number of allylic oxidation sites excluding steroid dienone is 2. The van der Waals surface area contributed by atoms with Gasteiger partial charge in [0.25, 0.3) is 0 Å². The molecule has 222 valence electrons. The van der Waals surface area contributed by atoms with Crippen LogP contribution in [0.2, 0.25) is 10.0 Å². The van der Waals surface area contributed by atoms with Crippen molar-refractivity contribution in [2.45, 2.75) is 65.3 Å². The average molecular weight is 619 g/mol. The average Bonchev–Trinajstić information content (AvgIpc) is 2.87. The number of rotatable bonds is 7. The summed E-state index contributed by atoms with van der Waals surface area (Å²) in [6.45, 7) is 4.71. The molecule has 1 aliphatic carbocycles. The second kappa shape index (κ2) is 12.3. The zero-order chi connectivity index (χ0) is 30.9. The SMILES string of the molecule is CC(=O)OC[C@H]1O[C@H](OC2=C(C)C(=O)c3c(O)c(Cl)c(Cl)c(O)c3C2=O)[C@H](OC(C)=O)[C@@H](OC(C)=O)[C@@H]1OC(C)=O. The standard InChI is InChI=1S/C25H24Cl2O14/c1-7-17(32)13-14(19(34)16(27)15(26)18(13)33)20(35)21(7)41-25-24(39-11(5)31)23(38-10(4)30)22(37-9(3)29)12(40-25)6-36-8(2)28/h12,22-25,33-34H,6H2,1-5H3/t12-,22-,23+,24-,25-/m1/s1. The number of esters is 4. The van der Waals surface area contributed by atoms with Crippen LogP contribution in [-0.4, -0.2) is 83.0 Å². The summed E-state index contributed by atoms with van der Waals surface area (Å²) in [6.07, 6.45) is -8.08. The van der Waals surface area contributed by atoms with Gasteiger partial charge in [0.1, 0.15) is 34.3 Å². The number of hydrogen-bond donors (Lipinski definition) is 2. The van der Waals surface area contributed by atoms with Crippen LogP contribution in [-0.2, 0) is 47.6 Å². The molecule has 16 heteroatoms. The number of benzene rings is 1. The number of ketones is 2. The summed E-state index contributed by atoms with van der Waals surface area (Å²) in [5.41, 5.74) is -1.75. The highest BCUT2D eigenvalue weighted by atomic mass is 35.5. The van der Waals surface area contributed by atoms with Crippen LogP contribution in [0.25, 0.3) is 0 Å². The van der Waals surface area contributed by atoms with Gasteiger partial charge in [-0.2, -0.15) is 0 Å². The van der Waals surface area contributed by atoms with Crippen molar-refractivity contribution in [3.8, 4) is 11.5 Å². The van der Waals surface area contributed by atoms with Crippen LogP contribution in [0.5, 0.6) is 11.5 Å². The van der Waals surface area contributed by atoms with Crippen LogP contribution >= 0.6 is 23.2 Å². The fourth-order valence-electron chi connectivity index (χ4n) is 4.22. The van der Waals surface area contributed by atoms with E-state index in [1.807, 2.05) is 0 Å². The maximum absolute atomic E-state index is 13.5. The monoisotopic (exact) mass is 618 g/mol. The van der Waals surface area contributed by atoms with E-state index in [9.17, 15) is 39.0 Å². The van der Waals surface area contributed by atoms with Gasteiger partial charge in [-0.25, -0.2) is 0 Å². The van der Waals surface area contributed by atoms with E-state index in [2.05, 4.69) is 0 Å². The van der Waals surface area contributed by atoms with Gasteiger partial charge in [0.2, 0.25) is 18.2 Å². The molecular formula is C25H24Cl2O14. The lowest BCUT2D eigenvalue weighted by Gasteiger charge is -2.44. The Labute approximate surface area is 242 Å². The third-order valence-corrected chi connectivity index (χ3v) is 6.69. The van der Waals surface area contributed by atoms with Crippen molar-refractivity contribution in [2.24, 2.45) is 0 Å². The first-order chi connectivity index (χ1) is 19.1. The summed E-state index contributed by atoms with van der Waals surface area (Å²) in [4.78, 5) is 74.1. The predicted molar refractivity (Wildman–Crippen MR) is 134 cm³/mol. The summed E-state index contributed by atoms with van der Waals surface area (Å²) in [7, 11) is 0. The molecule has 1 aromatic carbocycles. The molecule has 0 amide bonds. The molecule has 0 unspecified atom stereocenters. The van der Waals surface area contributed by atoms with Gasteiger partial charge in [0, 0.05) is 33.3 Å². The minimum Gasteiger partial charge on any atom is -0.506 e. The van der Waals surface area contributed by atoms with Gasteiger partial charge >= 0.3 is 23.9 Å². The molecule has 1 saturated heterocycles. The van der Waals surface area contributed by atoms with Crippen molar-refractivity contribution in [3.05, 3.63) is 32.5 Å². The van der Waals surface area contributed by atoms with Crippen molar-refractivity contribution < 1.29 is 67.4 Å². The van der Waals surface area contributed by atoms with Crippen LogP contribution < -0.4 is 0 Å². The molecule has 1 fully saturated rings. The maximum atomic E-state index is 13.5. The molecule has 0 aromatic heterocycles. The van der Waals surface area contributed by atoms with E-state index < -0.39 is 111 Å². The molecule has 1 aliphatic heterocycles. The van der Waals surface area contributed by atoms with E-state index in [1.165, 1.54) is 0 Å². The van der Waals surface area contributed by atoms with Gasteiger partial charge in [0.15, 0.2) is 23.8 Å². The molecule has 2 aliphatic rings. The molecule has 2 N–H and O–H groups in total. The first-order valence-corrected chi connectivity index (χ1v) is 12.5. The normalized spacial score (nSPS) is 23.8. The summed E-state index contributed by atoms with van der Waals surface area (Å²) in [6, 6.07) is 0. The van der Waals surface area contributed by atoms with Crippen molar-refractivity contribution in [3.63, 3.8) is 0 Å². The van der Waals surface area contributed by atoms with Gasteiger partial charge in [-0.1, -0.05) is 23.2 Å². The molecule has 3 rings (SSSR count). The number of hydrogen-bond acceptors (Lipinski definition) is 14. The number of phenols is 2. The highest BCUT2D eigenvalue weighted by Crippen LogP contribution is 2.47. The predicted octanol–water partition coefficient (Wildman–Crippen LogP) is 2.16. The van der Waals surface area contributed by atoms with Gasteiger partial charge in [0.05, 0.1) is 11.1 Å². The molecule has 0 bridgehead atoms. The number of fused-ring (bicyclic) bond motifs is 1. The van der Waals surface area contributed by atoms with E-state index in [4.69, 9.17) is 51.6 Å². The zero-order valence-electron chi connectivity index (χ0n) is 22.1. The van der Waals surface area contributed by atoms with Gasteiger partial charge in [-0.3, -0.25) is 28.8 Å². The first kappa shape index (κ1) is 31.6. The van der Waals surface area contributed by atoms with Crippen LogP contribution in [0, 0.1) is 0 Å². The number of phenolic OH excluding ortho intramolecular Hbond substituents is 2. The number of carbonyl (C=O) groups is 6. The minimum absolute atomic E-state index is 0.386. The van der Waals surface area contributed by atoms with E-state index in [0.717, 1.165) is 34.6 Å². The summed E-state index contributed by atoms with van der Waals surface area (Å²) in [5, 5.41) is 19.7. The first-order valence-electron chi connectivity index (χ1n) is 11.8. The lowest BCUT2D eigenvalue weighted by Crippen LogP contribution is -2.63. The van der Waals surface area contributed by atoms with Crippen molar-refractivity contribution in [2.75, 3.05) is 6.61 Å². The Bertz CT molecular complexity index is 1370. The Morgan fingerprint density at radius 3 is 1.71 bits per heavy atom. The number of ether oxygens (including phenoxy) is 6. The highest BCUT2D eigenvalue weighted by Gasteiger charge is 2.54. The van der Waals surface area contributed by atoms with Crippen molar-refractivity contribution in [1.29, 1.82) is 0 Å². The Hall–Kier alpha value is -3.88. The van der Waals surface area contributed by atoms with E-state index in [-0.39, 0.29) is 5.57 Å². The fourth-order valence-corrected chi connectivity index (χ4v) is 4.59. The number of Topliss-reactive ketones (excluding diaryl/α,β-unsaturated/α-hetero) is 2. The second-order valence-electron chi connectivity index (χ2n) is 8.87. The fraction of sp³-hybridized carbons (Fsp3) is 0.440. The highest BCUT2D eigenvalue weighted by molar-refractivity contribution is 6.45. The molecule has 0 saturated carbocycles. The lowest BCUT2D eigenvalue weighted by atomic mass is 9.87. The zero-order valence-corrected chi connectivity index (χ0v) is 23.7. The topological polar surface area (TPSA) is 198 Å². The molecule has 41 heavy (non-hydrogen) atoms. The molecule has 0 radical (unpaired) electrons. The van der Waals surface area contributed by atoms with E-state index in [0.29, 0.717) is 0 Å². The van der Waals surface area contributed by atoms with E-state index in [1.54, 1.807) is 0 Å². The van der Waals surface area contributed by atoms with Crippen LogP contribution in [0.15, 0.2) is 11.3 Å². The Kier molecular flexibility index (Phi) is 9.51. The van der Waals surface area contributed by atoms with Gasteiger partial charge < -0.3 is 38.6 Å². The number of carbonyl (C=O) groups excluding carboxylic acids is 6. The summed E-state index contributed by atoms with van der Waals surface area (Å²) < 4.78 is 32.3. The molecule has 14 nitrogen and oxygen atoms in total. The molecule has 0 spiro atoms. The number of aromatic hydroxyl groups is 2.